The molecular formula is C19H27N5O2. The summed E-state index contributed by atoms with van der Waals surface area (Å²) in [5.41, 5.74) is 1.13. The molecule has 26 heavy (non-hydrogen) atoms. The molecule has 0 bridgehead atoms. The number of urea groups is 1. The molecule has 1 fully saturated rings. The highest BCUT2D eigenvalue weighted by atomic mass is 16.5. The summed E-state index contributed by atoms with van der Waals surface area (Å²) in [5, 5.41) is 10.1. The summed E-state index contributed by atoms with van der Waals surface area (Å²) < 4.78 is 6.07. The van der Waals surface area contributed by atoms with E-state index >= 15 is 0 Å². The van der Waals surface area contributed by atoms with Crippen LogP contribution in [0.2, 0.25) is 0 Å². The summed E-state index contributed by atoms with van der Waals surface area (Å²) in [5.74, 6) is 1.79. The minimum absolute atomic E-state index is 0.0381. The average molecular weight is 357 g/mol. The van der Waals surface area contributed by atoms with Gasteiger partial charge in [-0.2, -0.15) is 5.10 Å². The van der Waals surface area contributed by atoms with Crippen LogP contribution in [0.25, 0.3) is 0 Å². The maximum absolute atomic E-state index is 12.7. The van der Waals surface area contributed by atoms with Crippen LogP contribution in [0, 0.1) is 12.8 Å². The van der Waals surface area contributed by atoms with Crippen LogP contribution in [0.3, 0.4) is 0 Å². The summed E-state index contributed by atoms with van der Waals surface area (Å²) in [6, 6.07) is 9.80. The van der Waals surface area contributed by atoms with E-state index in [9.17, 15) is 4.79 Å². The molecule has 2 heterocycles. The van der Waals surface area contributed by atoms with Gasteiger partial charge in [0.1, 0.15) is 5.82 Å². The van der Waals surface area contributed by atoms with Crippen LogP contribution in [0.15, 0.2) is 30.3 Å². The number of ether oxygens (including phenoxy) is 1. The van der Waals surface area contributed by atoms with Crippen LogP contribution < -0.4 is 5.32 Å². The highest BCUT2D eigenvalue weighted by molar-refractivity contribution is 5.75. The van der Waals surface area contributed by atoms with E-state index in [-0.39, 0.29) is 18.2 Å². The van der Waals surface area contributed by atoms with E-state index in [0.717, 1.165) is 11.4 Å². The van der Waals surface area contributed by atoms with Crippen molar-refractivity contribution in [3.05, 3.63) is 47.5 Å². The molecule has 2 N–H and O–H groups in total. The van der Waals surface area contributed by atoms with Crippen molar-refractivity contribution in [3.63, 3.8) is 0 Å². The van der Waals surface area contributed by atoms with Gasteiger partial charge in [0.15, 0.2) is 5.82 Å². The lowest BCUT2D eigenvalue weighted by molar-refractivity contribution is 0.0483. The van der Waals surface area contributed by atoms with Gasteiger partial charge < -0.3 is 15.0 Å². The Balaban J connectivity index is 1.67. The lowest BCUT2D eigenvalue weighted by Gasteiger charge is -2.23. The molecule has 1 saturated heterocycles. The van der Waals surface area contributed by atoms with Gasteiger partial charge in [0, 0.05) is 19.5 Å². The van der Waals surface area contributed by atoms with Crippen molar-refractivity contribution in [2.45, 2.75) is 45.9 Å². The van der Waals surface area contributed by atoms with E-state index in [4.69, 9.17) is 4.74 Å². The standard InChI is InChI=1S/C19H27N5O2/c1-13(2)10-20-19(25)24-11-16(26-12-15-7-5-4-6-8-15)9-17(24)18-21-14(3)22-23-18/h4-8,13,16-17H,9-12H2,1-3H3,(H,20,25)(H,21,22,23)/t16-,17-/m0/s1. The van der Waals surface area contributed by atoms with Gasteiger partial charge in [-0.05, 0) is 18.4 Å². The fourth-order valence-electron chi connectivity index (χ4n) is 3.08. The zero-order valence-corrected chi connectivity index (χ0v) is 15.6. The number of hydrogen-bond acceptors (Lipinski definition) is 4. The number of carbonyl (C=O) groups excluding carboxylic acids is 1. The van der Waals surface area contributed by atoms with Crippen LogP contribution in [0.1, 0.15) is 43.5 Å². The Hall–Kier alpha value is -2.41. The molecule has 7 nitrogen and oxygen atoms in total. The van der Waals surface area contributed by atoms with Crippen LogP contribution in [0.5, 0.6) is 0 Å². The quantitative estimate of drug-likeness (QED) is 0.833. The number of nitrogens with zero attached hydrogens (tertiary/aromatic N) is 3. The summed E-state index contributed by atoms with van der Waals surface area (Å²) in [6.45, 7) is 7.72. The second-order valence-electron chi connectivity index (χ2n) is 7.18. The largest absolute Gasteiger partial charge is 0.372 e. The Kier molecular flexibility index (Phi) is 5.88. The Morgan fingerprint density at radius 2 is 2.15 bits per heavy atom. The van der Waals surface area contributed by atoms with E-state index in [1.165, 1.54) is 0 Å². The van der Waals surface area contributed by atoms with Gasteiger partial charge in [-0.1, -0.05) is 44.2 Å². The first-order chi connectivity index (χ1) is 12.5. The molecule has 2 atom stereocenters. The molecule has 1 aliphatic heterocycles. The highest BCUT2D eigenvalue weighted by Crippen LogP contribution is 2.32. The van der Waals surface area contributed by atoms with Crippen molar-refractivity contribution in [2.24, 2.45) is 5.92 Å². The molecule has 0 aliphatic carbocycles. The molecule has 0 saturated carbocycles. The van der Waals surface area contributed by atoms with Gasteiger partial charge in [-0.3, -0.25) is 5.10 Å². The molecular weight excluding hydrogens is 330 g/mol. The number of hydrogen-bond donors (Lipinski definition) is 2. The highest BCUT2D eigenvalue weighted by Gasteiger charge is 2.39. The van der Waals surface area contributed by atoms with Gasteiger partial charge in [-0.25, -0.2) is 9.78 Å². The second kappa shape index (κ2) is 8.31. The maximum atomic E-state index is 12.7. The topological polar surface area (TPSA) is 83.1 Å². The van der Waals surface area contributed by atoms with E-state index < -0.39 is 0 Å². The Bertz CT molecular complexity index is 716. The molecule has 1 aliphatic rings. The third kappa shape index (κ3) is 4.60. The van der Waals surface area contributed by atoms with Crippen molar-refractivity contribution >= 4 is 6.03 Å². The first-order valence-corrected chi connectivity index (χ1v) is 9.12. The van der Waals surface area contributed by atoms with Crippen LogP contribution in [-0.2, 0) is 11.3 Å². The lowest BCUT2D eigenvalue weighted by Crippen LogP contribution is -2.41. The molecule has 0 radical (unpaired) electrons. The Morgan fingerprint density at radius 3 is 2.81 bits per heavy atom. The van der Waals surface area contributed by atoms with Crippen LogP contribution >= 0.6 is 0 Å². The van der Waals surface area contributed by atoms with Gasteiger partial charge in [0.05, 0.1) is 18.8 Å². The number of aryl methyl sites for hydroxylation is 1. The minimum Gasteiger partial charge on any atom is -0.372 e. The predicted molar refractivity (Wildman–Crippen MR) is 98.4 cm³/mol. The maximum Gasteiger partial charge on any atom is 0.318 e. The molecule has 2 aromatic rings. The molecule has 1 aromatic heterocycles. The zero-order chi connectivity index (χ0) is 18.5. The predicted octanol–water partition coefficient (Wildman–Crippen LogP) is 2.81. The third-order valence-corrected chi connectivity index (χ3v) is 4.43. The summed E-state index contributed by atoms with van der Waals surface area (Å²) >= 11 is 0. The number of rotatable bonds is 6. The first kappa shape index (κ1) is 18.4. The molecule has 3 rings (SSSR count). The van der Waals surface area contributed by atoms with Gasteiger partial charge in [-0.15, -0.1) is 0 Å². The number of benzene rings is 1. The SMILES string of the molecule is Cc1nc([C@@H]2C[C@H](OCc3ccccc3)CN2C(=O)NCC(C)C)n[nH]1. The Morgan fingerprint density at radius 1 is 1.38 bits per heavy atom. The fourth-order valence-corrected chi connectivity index (χ4v) is 3.08. The number of aromatic amines is 1. The molecule has 0 spiro atoms. The number of carbonyl (C=O) groups is 1. The molecule has 0 unspecified atom stereocenters. The fraction of sp³-hybridized carbons (Fsp3) is 0.526. The van der Waals surface area contributed by atoms with Gasteiger partial charge >= 0.3 is 6.03 Å². The molecule has 2 amide bonds. The number of likely N-dealkylation sites (tertiary alicyclic amines) is 1. The van der Waals surface area contributed by atoms with Crippen molar-refractivity contribution in [1.29, 1.82) is 0 Å². The van der Waals surface area contributed by atoms with Gasteiger partial charge in [0.25, 0.3) is 0 Å². The summed E-state index contributed by atoms with van der Waals surface area (Å²) in [6.07, 6.45) is 0.656. The van der Waals surface area contributed by atoms with E-state index in [1.54, 1.807) is 4.90 Å². The van der Waals surface area contributed by atoms with Crippen molar-refractivity contribution in [3.8, 4) is 0 Å². The van der Waals surface area contributed by atoms with E-state index in [1.807, 2.05) is 37.3 Å². The van der Waals surface area contributed by atoms with Gasteiger partial charge in [0.2, 0.25) is 0 Å². The molecule has 7 heteroatoms. The van der Waals surface area contributed by atoms with Crippen LogP contribution in [0.4, 0.5) is 4.79 Å². The smallest absolute Gasteiger partial charge is 0.318 e. The number of nitrogens with one attached hydrogen (secondary N) is 2. The number of H-pyrrole nitrogens is 1. The van der Waals surface area contributed by atoms with Crippen molar-refractivity contribution in [2.75, 3.05) is 13.1 Å². The average Bonchev–Trinajstić information content (AvgIpc) is 3.25. The zero-order valence-electron chi connectivity index (χ0n) is 15.6. The summed E-state index contributed by atoms with van der Waals surface area (Å²) in [4.78, 5) is 18.9. The molecule has 140 valence electrons. The van der Waals surface area contributed by atoms with E-state index in [2.05, 4.69) is 34.3 Å². The number of amides is 2. The van der Waals surface area contributed by atoms with Crippen LogP contribution in [-0.4, -0.2) is 45.3 Å². The minimum atomic E-state index is -0.173. The van der Waals surface area contributed by atoms with Crippen molar-refractivity contribution < 1.29 is 9.53 Å². The van der Waals surface area contributed by atoms with Crippen molar-refractivity contribution in [1.82, 2.24) is 25.4 Å². The lowest BCUT2D eigenvalue weighted by atomic mass is 10.2. The molecule has 1 aromatic carbocycles. The summed E-state index contributed by atoms with van der Waals surface area (Å²) in [7, 11) is 0. The van der Waals surface area contributed by atoms with E-state index in [0.29, 0.717) is 37.9 Å². The third-order valence-electron chi connectivity index (χ3n) is 4.43. The monoisotopic (exact) mass is 357 g/mol. The number of aromatic nitrogens is 3. The first-order valence-electron chi connectivity index (χ1n) is 9.12. The Labute approximate surface area is 154 Å². The normalized spacial score (nSPS) is 19.9. The second-order valence-corrected chi connectivity index (χ2v) is 7.18.